The zero-order chi connectivity index (χ0) is 14.6. The van der Waals surface area contributed by atoms with Gasteiger partial charge >= 0.3 is 5.97 Å². The lowest BCUT2D eigenvalue weighted by Crippen LogP contribution is -2.14. The lowest BCUT2D eigenvalue weighted by molar-refractivity contribution is 0.0693. The fraction of sp³-hybridized carbons (Fsp3) is 0.364. The molecule has 0 saturated carbocycles. The number of hydrogen-bond acceptors (Lipinski definition) is 5. The normalized spacial score (nSPS) is 11.3. The lowest BCUT2D eigenvalue weighted by Gasteiger charge is -2.12. The van der Waals surface area contributed by atoms with Crippen molar-refractivity contribution in [1.29, 1.82) is 0 Å². The largest absolute Gasteiger partial charge is 0.494 e. The molecule has 8 heteroatoms. The van der Waals surface area contributed by atoms with Crippen LogP contribution in [-0.4, -0.2) is 46.1 Å². The fourth-order valence-corrected chi connectivity index (χ4v) is 3.14. The summed E-state index contributed by atoms with van der Waals surface area (Å²) in [6, 6.07) is 2.30. The second kappa shape index (κ2) is 6.23. The smallest absolute Gasteiger partial charge is 0.339 e. The predicted molar refractivity (Wildman–Crippen MR) is 68.9 cm³/mol. The van der Waals surface area contributed by atoms with Crippen LogP contribution in [0.2, 0.25) is 5.02 Å². The number of carboxylic acid groups (broad SMARTS) is 1. The summed E-state index contributed by atoms with van der Waals surface area (Å²) in [5.41, 5.74) is -0.300. The van der Waals surface area contributed by atoms with Crippen LogP contribution in [0.5, 0.6) is 5.75 Å². The molecule has 6 nitrogen and oxygen atoms in total. The zero-order valence-corrected chi connectivity index (χ0v) is 11.9. The van der Waals surface area contributed by atoms with Gasteiger partial charge in [0.15, 0.2) is 15.6 Å². The first kappa shape index (κ1) is 15.7. The summed E-state index contributed by atoms with van der Waals surface area (Å²) in [6.07, 6.45) is 0. The van der Waals surface area contributed by atoms with Gasteiger partial charge in [-0.1, -0.05) is 11.6 Å². The van der Waals surface area contributed by atoms with Crippen molar-refractivity contribution >= 4 is 27.4 Å². The van der Waals surface area contributed by atoms with Gasteiger partial charge in [-0.05, 0) is 12.1 Å². The second-order valence-electron chi connectivity index (χ2n) is 3.60. The highest BCUT2D eigenvalue weighted by molar-refractivity contribution is 7.91. The van der Waals surface area contributed by atoms with Gasteiger partial charge in [0.2, 0.25) is 0 Å². The first-order chi connectivity index (χ1) is 8.83. The van der Waals surface area contributed by atoms with Crippen molar-refractivity contribution in [1.82, 2.24) is 0 Å². The minimum atomic E-state index is -3.74. The Bertz CT molecular complexity index is 581. The number of carboxylic acids is 1. The molecule has 0 aliphatic carbocycles. The molecule has 0 spiro atoms. The minimum absolute atomic E-state index is 0.00851. The van der Waals surface area contributed by atoms with Crippen LogP contribution in [0.1, 0.15) is 10.4 Å². The monoisotopic (exact) mass is 308 g/mol. The van der Waals surface area contributed by atoms with E-state index >= 15 is 0 Å². The van der Waals surface area contributed by atoms with Crippen molar-refractivity contribution in [2.45, 2.75) is 4.90 Å². The molecule has 1 N–H and O–H groups in total. The predicted octanol–water partition coefficient (Wildman–Crippen LogP) is 1.47. The SMILES string of the molecule is COCCS(=O)(=O)c1cc(Cl)cc(C(=O)O)c1OC. The molecule has 0 aliphatic rings. The number of sulfone groups is 1. The second-order valence-corrected chi connectivity index (χ2v) is 6.12. The molecule has 0 heterocycles. The number of methoxy groups -OCH3 is 2. The van der Waals surface area contributed by atoms with Gasteiger partial charge < -0.3 is 14.6 Å². The van der Waals surface area contributed by atoms with Crippen molar-refractivity contribution in [3.05, 3.63) is 22.7 Å². The van der Waals surface area contributed by atoms with Crippen molar-refractivity contribution < 1.29 is 27.8 Å². The highest BCUT2D eigenvalue weighted by atomic mass is 35.5. The first-order valence-electron chi connectivity index (χ1n) is 5.16. The molecule has 1 rings (SSSR count). The lowest BCUT2D eigenvalue weighted by atomic mass is 10.2. The highest BCUT2D eigenvalue weighted by Gasteiger charge is 2.25. The number of ether oxygens (including phenoxy) is 2. The van der Waals surface area contributed by atoms with Crippen LogP contribution in [0.15, 0.2) is 17.0 Å². The maximum atomic E-state index is 12.1. The molecule has 0 amide bonds. The van der Waals surface area contributed by atoms with Crippen molar-refractivity contribution in [2.24, 2.45) is 0 Å². The summed E-state index contributed by atoms with van der Waals surface area (Å²) in [5, 5.41) is 9.04. The van der Waals surface area contributed by atoms with E-state index in [1.165, 1.54) is 14.2 Å². The van der Waals surface area contributed by atoms with Crippen molar-refractivity contribution in [3.63, 3.8) is 0 Å². The summed E-state index contributed by atoms with van der Waals surface area (Å²) in [6.45, 7) is -0.0135. The van der Waals surface area contributed by atoms with Gasteiger partial charge in [-0.2, -0.15) is 0 Å². The first-order valence-corrected chi connectivity index (χ1v) is 7.19. The Balaban J connectivity index is 3.46. The highest BCUT2D eigenvalue weighted by Crippen LogP contribution is 2.32. The number of aromatic carboxylic acids is 1. The van der Waals surface area contributed by atoms with E-state index in [0.29, 0.717) is 0 Å². The molecular weight excluding hydrogens is 296 g/mol. The van der Waals surface area contributed by atoms with E-state index in [1.54, 1.807) is 0 Å². The Morgan fingerprint density at radius 3 is 2.47 bits per heavy atom. The Labute approximate surface area is 115 Å². The number of carbonyl (C=O) groups is 1. The van der Waals surface area contributed by atoms with Gasteiger partial charge in [0, 0.05) is 12.1 Å². The average Bonchev–Trinajstić information content (AvgIpc) is 2.35. The van der Waals surface area contributed by atoms with Gasteiger partial charge in [0.05, 0.1) is 19.5 Å². The molecule has 0 saturated heterocycles. The van der Waals surface area contributed by atoms with E-state index in [1.807, 2.05) is 0 Å². The van der Waals surface area contributed by atoms with Crippen LogP contribution >= 0.6 is 11.6 Å². The molecule has 0 atom stereocenters. The van der Waals surface area contributed by atoms with Crippen LogP contribution in [-0.2, 0) is 14.6 Å². The molecule has 0 aromatic heterocycles. The topological polar surface area (TPSA) is 89.9 Å². The summed E-state index contributed by atoms with van der Waals surface area (Å²) >= 11 is 5.75. The summed E-state index contributed by atoms with van der Waals surface area (Å²) in [5.74, 6) is -1.84. The molecule has 0 bridgehead atoms. The molecule has 0 unspecified atom stereocenters. The summed E-state index contributed by atoms with van der Waals surface area (Å²) < 4.78 is 33.8. The van der Waals surface area contributed by atoms with Gasteiger partial charge in [-0.25, -0.2) is 13.2 Å². The maximum absolute atomic E-state index is 12.1. The van der Waals surface area contributed by atoms with E-state index in [4.69, 9.17) is 26.2 Å². The summed E-state index contributed by atoms with van der Waals surface area (Å²) in [7, 11) is -1.17. The molecule has 1 aromatic rings. The molecular formula is C11H13ClO6S. The standard InChI is InChI=1S/C11H13ClO6S/c1-17-3-4-19(15,16)9-6-7(12)5-8(11(13)14)10(9)18-2/h5-6H,3-4H2,1-2H3,(H,13,14). The third kappa shape index (κ3) is 3.59. The van der Waals surface area contributed by atoms with Crippen molar-refractivity contribution in [3.8, 4) is 5.75 Å². The Morgan fingerprint density at radius 1 is 1.37 bits per heavy atom. The summed E-state index contributed by atoms with van der Waals surface area (Å²) in [4.78, 5) is 10.8. The van der Waals surface area contributed by atoms with Gasteiger partial charge in [-0.3, -0.25) is 0 Å². The average molecular weight is 309 g/mol. The third-order valence-electron chi connectivity index (χ3n) is 2.35. The van der Waals surface area contributed by atoms with Crippen LogP contribution in [0.25, 0.3) is 0 Å². The molecule has 106 valence electrons. The van der Waals surface area contributed by atoms with Gasteiger partial charge in [0.25, 0.3) is 0 Å². The Kier molecular flexibility index (Phi) is 5.16. The fourth-order valence-electron chi connectivity index (χ4n) is 1.47. The molecule has 0 radical (unpaired) electrons. The van der Waals surface area contributed by atoms with E-state index in [-0.39, 0.29) is 33.6 Å². The maximum Gasteiger partial charge on any atom is 0.339 e. The third-order valence-corrected chi connectivity index (χ3v) is 4.24. The van der Waals surface area contributed by atoms with Crippen LogP contribution in [0.4, 0.5) is 0 Å². The van der Waals surface area contributed by atoms with Crippen LogP contribution in [0.3, 0.4) is 0 Å². The number of rotatable bonds is 6. The number of benzene rings is 1. The Morgan fingerprint density at radius 2 is 2.00 bits per heavy atom. The number of halogens is 1. The van der Waals surface area contributed by atoms with Gasteiger partial charge in [-0.15, -0.1) is 0 Å². The Hall–Kier alpha value is -1.31. The molecule has 0 aliphatic heterocycles. The van der Waals surface area contributed by atoms with Crippen molar-refractivity contribution in [2.75, 3.05) is 26.6 Å². The van der Waals surface area contributed by atoms with E-state index in [9.17, 15) is 13.2 Å². The molecule has 0 fully saturated rings. The van der Waals surface area contributed by atoms with E-state index < -0.39 is 15.8 Å². The quantitative estimate of drug-likeness (QED) is 0.856. The number of hydrogen-bond donors (Lipinski definition) is 1. The van der Waals surface area contributed by atoms with E-state index in [2.05, 4.69) is 0 Å². The molecule has 19 heavy (non-hydrogen) atoms. The minimum Gasteiger partial charge on any atom is -0.494 e. The van der Waals surface area contributed by atoms with Crippen LogP contribution < -0.4 is 4.74 Å². The molecule has 1 aromatic carbocycles. The zero-order valence-electron chi connectivity index (χ0n) is 10.3. The van der Waals surface area contributed by atoms with E-state index in [0.717, 1.165) is 12.1 Å². The van der Waals surface area contributed by atoms with Gasteiger partial charge in [0.1, 0.15) is 10.5 Å². The van der Waals surface area contributed by atoms with Crippen LogP contribution in [0, 0.1) is 0 Å².